The third-order valence-corrected chi connectivity index (χ3v) is 4.81. The molecule has 0 aliphatic carbocycles. The summed E-state index contributed by atoms with van der Waals surface area (Å²) in [6.45, 7) is 4.71. The first kappa shape index (κ1) is 28.5. The SMILES string of the molecule is CCCCOC(=O)C(O)C[C@@H]1C[C@](C)(NC(=O)OCC(Cl)(Cl)Cl)C(=N[C@H](C)C(=O)OC)O1. The minimum Gasteiger partial charge on any atom is -0.476 e. The van der Waals surface area contributed by atoms with Crippen molar-refractivity contribution in [3.05, 3.63) is 0 Å². The first-order valence-corrected chi connectivity index (χ1v) is 11.1. The largest absolute Gasteiger partial charge is 0.476 e. The molecule has 0 radical (unpaired) electrons. The summed E-state index contributed by atoms with van der Waals surface area (Å²) in [6.07, 6.45) is -1.55. The number of aliphatic hydroxyl groups excluding tert-OH is 1. The summed E-state index contributed by atoms with van der Waals surface area (Å²) in [7, 11) is 1.21. The average Bonchev–Trinajstić information content (AvgIpc) is 2.99. The number of alkyl halides is 3. The Hall–Kier alpha value is -1.49. The number of methoxy groups -OCH3 is 1. The number of unbranched alkanes of at least 4 members (excludes halogenated alkanes) is 1. The van der Waals surface area contributed by atoms with Crippen LogP contribution in [0.5, 0.6) is 0 Å². The fourth-order valence-corrected chi connectivity index (χ4v) is 3.01. The number of alkyl carbamates (subject to hydrolysis) is 1. The molecule has 0 aromatic rings. The molecule has 0 aromatic carbocycles. The number of amides is 1. The van der Waals surface area contributed by atoms with Crippen LogP contribution in [0.4, 0.5) is 4.79 Å². The number of aliphatic imine (C=N–C) groups is 1. The molecule has 1 aliphatic rings. The van der Waals surface area contributed by atoms with Crippen LogP contribution in [-0.2, 0) is 28.5 Å². The number of nitrogens with one attached hydrogen (secondary N) is 1. The van der Waals surface area contributed by atoms with Gasteiger partial charge in [0.2, 0.25) is 9.69 Å². The number of hydrogen-bond donors (Lipinski definition) is 2. The lowest BCUT2D eigenvalue weighted by atomic mass is 9.95. The lowest BCUT2D eigenvalue weighted by molar-refractivity contribution is -0.155. The maximum Gasteiger partial charge on any atom is 0.408 e. The highest BCUT2D eigenvalue weighted by molar-refractivity contribution is 6.67. The van der Waals surface area contributed by atoms with Gasteiger partial charge < -0.3 is 29.4 Å². The highest BCUT2D eigenvalue weighted by Gasteiger charge is 2.46. The Morgan fingerprint density at radius 2 is 1.97 bits per heavy atom. The van der Waals surface area contributed by atoms with Crippen LogP contribution in [0.1, 0.15) is 46.5 Å². The van der Waals surface area contributed by atoms with E-state index < -0.39 is 52.2 Å². The van der Waals surface area contributed by atoms with Gasteiger partial charge in [0.25, 0.3) is 0 Å². The van der Waals surface area contributed by atoms with E-state index in [1.807, 2.05) is 6.92 Å². The summed E-state index contributed by atoms with van der Waals surface area (Å²) in [5, 5.41) is 12.7. The maximum atomic E-state index is 12.2. The second-order valence-electron chi connectivity index (χ2n) is 7.50. The average molecular weight is 520 g/mol. The number of aliphatic hydroxyl groups is 1. The van der Waals surface area contributed by atoms with E-state index in [1.165, 1.54) is 14.0 Å². The van der Waals surface area contributed by atoms with Gasteiger partial charge in [-0.05, 0) is 20.3 Å². The van der Waals surface area contributed by atoms with Gasteiger partial charge in [0, 0.05) is 12.8 Å². The standard InChI is InChI=1S/C19H29Cl3N2O8/c1-5-6-7-30-15(27)13(25)8-12-9-18(3,24-17(28)31-10-19(20,21)22)16(32-12)23-11(2)14(26)29-4/h11-13,25H,5-10H2,1-4H3,(H,24,28)/t11-,12-,13?,18+/m1/s1. The van der Waals surface area contributed by atoms with Gasteiger partial charge in [-0.25, -0.2) is 19.4 Å². The Balaban J connectivity index is 2.93. The van der Waals surface area contributed by atoms with E-state index in [1.54, 1.807) is 6.92 Å². The van der Waals surface area contributed by atoms with E-state index in [-0.39, 0.29) is 25.3 Å². The van der Waals surface area contributed by atoms with Crippen molar-refractivity contribution in [1.82, 2.24) is 5.32 Å². The quantitative estimate of drug-likeness (QED) is 0.195. The molecule has 1 saturated heterocycles. The molecule has 10 nitrogen and oxygen atoms in total. The van der Waals surface area contributed by atoms with Gasteiger partial charge in [-0.2, -0.15) is 0 Å². The number of hydrogen-bond acceptors (Lipinski definition) is 9. The molecule has 1 fully saturated rings. The van der Waals surface area contributed by atoms with Gasteiger partial charge in [0.1, 0.15) is 24.3 Å². The van der Waals surface area contributed by atoms with Gasteiger partial charge >= 0.3 is 18.0 Å². The molecule has 184 valence electrons. The van der Waals surface area contributed by atoms with Crippen LogP contribution < -0.4 is 5.32 Å². The molecule has 13 heteroatoms. The zero-order valence-corrected chi connectivity index (χ0v) is 20.6. The Bertz CT molecular complexity index is 701. The van der Waals surface area contributed by atoms with Crippen LogP contribution in [0, 0.1) is 0 Å². The molecule has 1 heterocycles. The van der Waals surface area contributed by atoms with Crippen molar-refractivity contribution < 1.29 is 38.4 Å². The molecule has 0 spiro atoms. The van der Waals surface area contributed by atoms with E-state index in [9.17, 15) is 19.5 Å². The fourth-order valence-electron chi connectivity index (χ4n) is 2.85. The van der Waals surface area contributed by atoms with E-state index in [0.717, 1.165) is 6.42 Å². The zero-order valence-electron chi connectivity index (χ0n) is 18.4. The van der Waals surface area contributed by atoms with Crippen LogP contribution in [0.15, 0.2) is 4.99 Å². The van der Waals surface area contributed by atoms with E-state index in [2.05, 4.69) is 15.0 Å². The molecular formula is C19H29Cl3N2O8. The smallest absolute Gasteiger partial charge is 0.408 e. The molecule has 32 heavy (non-hydrogen) atoms. The zero-order chi connectivity index (χ0) is 24.5. The van der Waals surface area contributed by atoms with Crippen LogP contribution in [0.3, 0.4) is 0 Å². The minimum atomic E-state index is -1.80. The predicted molar refractivity (Wildman–Crippen MR) is 118 cm³/mol. The third-order valence-electron chi connectivity index (χ3n) is 4.48. The monoisotopic (exact) mass is 518 g/mol. The summed E-state index contributed by atoms with van der Waals surface area (Å²) in [5.41, 5.74) is -1.23. The van der Waals surface area contributed by atoms with Crippen molar-refractivity contribution in [1.29, 1.82) is 0 Å². The van der Waals surface area contributed by atoms with E-state index in [4.69, 9.17) is 49.0 Å². The van der Waals surface area contributed by atoms with Crippen molar-refractivity contribution in [3.63, 3.8) is 0 Å². The van der Waals surface area contributed by atoms with Crippen LogP contribution in [0.2, 0.25) is 0 Å². The Morgan fingerprint density at radius 1 is 1.31 bits per heavy atom. The number of rotatable bonds is 10. The summed E-state index contributed by atoms with van der Waals surface area (Å²) >= 11 is 16.8. The minimum absolute atomic E-state index is 0.00205. The first-order chi connectivity index (χ1) is 14.8. The van der Waals surface area contributed by atoms with E-state index in [0.29, 0.717) is 6.42 Å². The Labute approximate surface area is 201 Å². The second kappa shape index (κ2) is 12.7. The first-order valence-electron chi connectivity index (χ1n) is 10.0. The van der Waals surface area contributed by atoms with Crippen LogP contribution in [-0.4, -0.2) is 76.9 Å². The molecule has 0 aromatic heterocycles. The normalized spacial score (nSPS) is 23.8. The highest BCUT2D eigenvalue weighted by atomic mass is 35.6. The summed E-state index contributed by atoms with van der Waals surface area (Å²) in [4.78, 5) is 40.2. The Morgan fingerprint density at radius 3 is 2.53 bits per heavy atom. The fraction of sp³-hybridized carbons (Fsp3) is 0.789. The van der Waals surface area contributed by atoms with Crippen molar-refractivity contribution in [2.75, 3.05) is 20.3 Å². The summed E-state index contributed by atoms with van der Waals surface area (Å²) in [6, 6.07) is -0.934. The topological polar surface area (TPSA) is 133 Å². The highest BCUT2D eigenvalue weighted by Crippen LogP contribution is 2.31. The van der Waals surface area contributed by atoms with Crippen LogP contribution in [0.25, 0.3) is 0 Å². The molecule has 0 bridgehead atoms. The molecule has 0 saturated carbocycles. The molecule has 2 N–H and O–H groups in total. The molecule has 1 amide bonds. The number of carbonyl (C=O) groups excluding carboxylic acids is 3. The lowest BCUT2D eigenvalue weighted by Crippen LogP contribution is -2.50. The maximum absolute atomic E-state index is 12.2. The van der Waals surface area contributed by atoms with Crippen molar-refractivity contribution in [2.24, 2.45) is 4.99 Å². The third kappa shape index (κ3) is 9.56. The predicted octanol–water partition coefficient (Wildman–Crippen LogP) is 2.68. The molecule has 4 atom stereocenters. The lowest BCUT2D eigenvalue weighted by Gasteiger charge is -2.24. The van der Waals surface area contributed by atoms with Crippen molar-refractivity contribution in [3.8, 4) is 0 Å². The molecule has 1 unspecified atom stereocenters. The van der Waals surface area contributed by atoms with Crippen molar-refractivity contribution >= 4 is 58.7 Å². The van der Waals surface area contributed by atoms with Gasteiger partial charge in [-0.3, -0.25) is 0 Å². The van der Waals surface area contributed by atoms with Gasteiger partial charge in [-0.1, -0.05) is 48.1 Å². The summed E-state index contributed by atoms with van der Waals surface area (Å²) in [5.74, 6) is -1.39. The number of esters is 2. The van der Waals surface area contributed by atoms with Crippen molar-refractivity contribution in [2.45, 2.75) is 74.0 Å². The summed E-state index contributed by atoms with van der Waals surface area (Å²) < 4.78 is 18.5. The van der Waals surface area contributed by atoms with E-state index >= 15 is 0 Å². The number of nitrogens with zero attached hydrogens (tertiary/aromatic N) is 1. The van der Waals surface area contributed by atoms with Crippen LogP contribution >= 0.6 is 34.8 Å². The molecular weight excluding hydrogens is 491 g/mol. The second-order valence-corrected chi connectivity index (χ2v) is 10.0. The number of halogens is 3. The molecule has 1 aliphatic heterocycles. The number of ether oxygens (including phenoxy) is 4. The van der Waals surface area contributed by atoms with Gasteiger partial charge in [0.05, 0.1) is 13.7 Å². The Kier molecular flexibility index (Phi) is 11.3. The molecule has 1 rings (SSSR count). The van der Waals surface area contributed by atoms with Gasteiger partial charge in [-0.15, -0.1) is 0 Å². The van der Waals surface area contributed by atoms with Gasteiger partial charge in [0.15, 0.2) is 6.10 Å². The number of carbonyl (C=O) groups is 3.